The van der Waals surface area contributed by atoms with Crippen LogP contribution in [0.15, 0.2) is 53.6 Å². The highest BCUT2D eigenvalue weighted by Gasteiger charge is 2.01. The highest BCUT2D eigenvalue weighted by Crippen LogP contribution is 2.15. The van der Waals surface area contributed by atoms with E-state index in [1.807, 2.05) is 24.3 Å². The highest BCUT2D eigenvalue weighted by atomic mass is 35.5. The number of hydrogen-bond acceptors (Lipinski definition) is 3. The van der Waals surface area contributed by atoms with Gasteiger partial charge >= 0.3 is 6.03 Å². The molecule has 0 fully saturated rings. The number of amides is 2. The van der Waals surface area contributed by atoms with Crippen molar-refractivity contribution in [3.63, 3.8) is 0 Å². The number of urea groups is 1. The van der Waals surface area contributed by atoms with Crippen LogP contribution in [0.1, 0.15) is 19.4 Å². The van der Waals surface area contributed by atoms with E-state index in [9.17, 15) is 4.79 Å². The number of ether oxygens (including phenoxy) is 1. The second-order valence-electron chi connectivity index (χ2n) is 5.61. The van der Waals surface area contributed by atoms with Crippen LogP contribution in [0, 0.1) is 5.92 Å². The predicted octanol–water partition coefficient (Wildman–Crippen LogP) is 4.53. The zero-order valence-electron chi connectivity index (χ0n) is 13.6. The number of hydrogen-bond donors (Lipinski definition) is 2. The van der Waals surface area contributed by atoms with E-state index in [0.29, 0.717) is 23.2 Å². The molecule has 2 aromatic rings. The average Bonchev–Trinajstić information content (AvgIpc) is 2.53. The summed E-state index contributed by atoms with van der Waals surface area (Å²) in [5, 5.41) is 7.11. The van der Waals surface area contributed by atoms with Crippen LogP contribution in [0.25, 0.3) is 0 Å². The van der Waals surface area contributed by atoms with Gasteiger partial charge in [0.25, 0.3) is 0 Å². The van der Waals surface area contributed by atoms with Gasteiger partial charge < -0.3 is 10.1 Å². The van der Waals surface area contributed by atoms with Crippen LogP contribution in [0.2, 0.25) is 5.02 Å². The fourth-order valence-electron chi connectivity index (χ4n) is 1.84. The van der Waals surface area contributed by atoms with Crippen molar-refractivity contribution in [3.8, 4) is 5.75 Å². The molecule has 2 amide bonds. The Morgan fingerprint density at radius 2 is 2.04 bits per heavy atom. The van der Waals surface area contributed by atoms with Crippen LogP contribution in [0.3, 0.4) is 0 Å². The van der Waals surface area contributed by atoms with Crippen LogP contribution >= 0.6 is 11.6 Å². The van der Waals surface area contributed by atoms with Gasteiger partial charge in [-0.05, 0) is 41.8 Å². The molecule has 0 aromatic heterocycles. The molecule has 2 aromatic carbocycles. The number of hydrazone groups is 1. The maximum absolute atomic E-state index is 11.8. The summed E-state index contributed by atoms with van der Waals surface area (Å²) >= 11 is 5.86. The van der Waals surface area contributed by atoms with Crippen molar-refractivity contribution >= 4 is 29.5 Å². The molecular weight excluding hydrogens is 326 g/mol. The average molecular weight is 346 g/mol. The van der Waals surface area contributed by atoms with Gasteiger partial charge in [0.15, 0.2) is 0 Å². The third-order valence-electron chi connectivity index (χ3n) is 2.90. The van der Waals surface area contributed by atoms with Gasteiger partial charge in [-0.2, -0.15) is 5.10 Å². The van der Waals surface area contributed by atoms with Crippen LogP contribution in [-0.4, -0.2) is 18.9 Å². The lowest BCUT2D eigenvalue weighted by atomic mass is 10.2. The van der Waals surface area contributed by atoms with E-state index in [2.05, 4.69) is 29.7 Å². The fraction of sp³-hybridized carbons (Fsp3) is 0.222. The number of carbonyl (C=O) groups is 1. The molecule has 126 valence electrons. The first-order valence-corrected chi connectivity index (χ1v) is 7.99. The lowest BCUT2D eigenvalue weighted by molar-refractivity contribution is 0.252. The van der Waals surface area contributed by atoms with E-state index in [0.717, 1.165) is 11.3 Å². The number of halogens is 1. The second kappa shape index (κ2) is 8.93. The Bertz CT molecular complexity index is 717. The minimum absolute atomic E-state index is 0.444. The molecule has 0 saturated carbocycles. The molecule has 0 unspecified atom stereocenters. The Kier molecular flexibility index (Phi) is 6.63. The minimum Gasteiger partial charge on any atom is -0.493 e. The Labute approximate surface area is 146 Å². The van der Waals surface area contributed by atoms with E-state index >= 15 is 0 Å². The van der Waals surface area contributed by atoms with Gasteiger partial charge in [0.05, 0.1) is 12.8 Å². The monoisotopic (exact) mass is 345 g/mol. The first-order valence-electron chi connectivity index (χ1n) is 7.61. The molecule has 0 radical (unpaired) electrons. The molecule has 6 heteroatoms. The lowest BCUT2D eigenvalue weighted by Crippen LogP contribution is -2.24. The lowest BCUT2D eigenvalue weighted by Gasteiger charge is -2.08. The minimum atomic E-state index is -0.444. The molecule has 5 nitrogen and oxygen atoms in total. The SMILES string of the molecule is CC(C)COc1cccc(/C=N\NC(=O)Nc2cccc(Cl)c2)c1. The molecule has 2 rings (SSSR count). The van der Waals surface area contributed by atoms with Crippen molar-refractivity contribution in [2.75, 3.05) is 11.9 Å². The highest BCUT2D eigenvalue weighted by molar-refractivity contribution is 6.30. The number of nitrogens with zero attached hydrogens (tertiary/aromatic N) is 1. The molecule has 24 heavy (non-hydrogen) atoms. The summed E-state index contributed by atoms with van der Waals surface area (Å²) in [4.78, 5) is 11.8. The zero-order chi connectivity index (χ0) is 17.4. The summed E-state index contributed by atoms with van der Waals surface area (Å²) in [5.74, 6) is 1.23. The van der Waals surface area contributed by atoms with Crippen LogP contribution in [0.4, 0.5) is 10.5 Å². The van der Waals surface area contributed by atoms with Gasteiger partial charge in [0.2, 0.25) is 0 Å². The summed E-state index contributed by atoms with van der Waals surface area (Å²) in [6, 6.07) is 13.9. The normalized spacial score (nSPS) is 10.8. The first-order chi connectivity index (χ1) is 11.5. The van der Waals surface area contributed by atoms with Crippen molar-refractivity contribution in [2.24, 2.45) is 11.0 Å². The maximum atomic E-state index is 11.8. The molecule has 0 saturated heterocycles. The molecule has 0 atom stereocenters. The van der Waals surface area contributed by atoms with E-state index in [-0.39, 0.29) is 0 Å². The second-order valence-corrected chi connectivity index (χ2v) is 6.05. The Hall–Kier alpha value is -2.53. The van der Waals surface area contributed by atoms with Gasteiger partial charge in [-0.1, -0.05) is 43.6 Å². The maximum Gasteiger partial charge on any atom is 0.339 e. The van der Waals surface area contributed by atoms with Gasteiger partial charge in [-0.15, -0.1) is 0 Å². The van der Waals surface area contributed by atoms with E-state index in [1.54, 1.807) is 30.5 Å². The van der Waals surface area contributed by atoms with Gasteiger partial charge in [-0.25, -0.2) is 10.2 Å². The van der Waals surface area contributed by atoms with Crippen molar-refractivity contribution in [1.29, 1.82) is 0 Å². The summed E-state index contributed by atoms with van der Waals surface area (Å²) in [5.41, 5.74) is 3.83. The number of nitrogens with one attached hydrogen (secondary N) is 2. The Morgan fingerprint density at radius 1 is 1.25 bits per heavy atom. The molecule has 0 aliphatic carbocycles. The van der Waals surface area contributed by atoms with Crippen molar-refractivity contribution in [3.05, 3.63) is 59.1 Å². The van der Waals surface area contributed by atoms with Gasteiger partial charge in [-0.3, -0.25) is 0 Å². The van der Waals surface area contributed by atoms with Gasteiger partial charge in [0.1, 0.15) is 5.75 Å². The van der Waals surface area contributed by atoms with Gasteiger partial charge in [0, 0.05) is 10.7 Å². The van der Waals surface area contributed by atoms with Crippen molar-refractivity contribution in [1.82, 2.24) is 5.43 Å². The number of rotatable bonds is 6. The smallest absolute Gasteiger partial charge is 0.339 e. The Balaban J connectivity index is 1.87. The summed E-state index contributed by atoms with van der Waals surface area (Å²) in [6.07, 6.45) is 1.56. The molecule has 0 bridgehead atoms. The molecule has 2 N–H and O–H groups in total. The molecule has 0 heterocycles. The molecule has 0 aliphatic rings. The zero-order valence-corrected chi connectivity index (χ0v) is 14.4. The molecule has 0 spiro atoms. The third-order valence-corrected chi connectivity index (χ3v) is 3.14. The molecule has 0 aliphatic heterocycles. The summed E-state index contributed by atoms with van der Waals surface area (Å²) in [7, 11) is 0. The van der Waals surface area contributed by atoms with E-state index in [4.69, 9.17) is 16.3 Å². The van der Waals surface area contributed by atoms with Crippen LogP contribution < -0.4 is 15.5 Å². The summed E-state index contributed by atoms with van der Waals surface area (Å²) in [6.45, 7) is 4.84. The van der Waals surface area contributed by atoms with Crippen LogP contribution in [0.5, 0.6) is 5.75 Å². The number of carbonyl (C=O) groups excluding carboxylic acids is 1. The van der Waals surface area contributed by atoms with Crippen molar-refractivity contribution < 1.29 is 9.53 Å². The Morgan fingerprint density at radius 3 is 2.79 bits per heavy atom. The quantitative estimate of drug-likeness (QED) is 0.596. The topological polar surface area (TPSA) is 62.7 Å². The molecular formula is C18H20ClN3O2. The van der Waals surface area contributed by atoms with E-state index < -0.39 is 6.03 Å². The third kappa shape index (κ3) is 6.30. The van der Waals surface area contributed by atoms with Crippen molar-refractivity contribution in [2.45, 2.75) is 13.8 Å². The predicted molar refractivity (Wildman–Crippen MR) is 98.0 cm³/mol. The number of anilines is 1. The number of benzene rings is 2. The summed E-state index contributed by atoms with van der Waals surface area (Å²) < 4.78 is 5.65. The fourth-order valence-corrected chi connectivity index (χ4v) is 2.03. The van der Waals surface area contributed by atoms with E-state index in [1.165, 1.54) is 0 Å². The standard InChI is InChI=1S/C18H20ClN3O2/c1-13(2)12-24-17-8-3-5-14(9-17)11-20-22-18(23)21-16-7-4-6-15(19)10-16/h3-11,13H,12H2,1-2H3,(H2,21,22,23)/b20-11-. The first kappa shape index (κ1) is 17.8. The largest absolute Gasteiger partial charge is 0.493 e. The van der Waals surface area contributed by atoms with Crippen LogP contribution in [-0.2, 0) is 0 Å².